The smallest absolute Gasteiger partial charge is 0.251 e. The minimum atomic E-state index is -0.129. The molecular weight excluding hydrogens is 360 g/mol. The fraction of sp³-hybridized carbons (Fsp3) is 0.286. The summed E-state index contributed by atoms with van der Waals surface area (Å²) >= 11 is 10.9. The highest BCUT2D eigenvalue weighted by molar-refractivity contribution is 9.10. The number of aromatic nitrogens is 1. The number of carbonyl (C=O) groups is 1. The molecule has 1 N–H and O–H groups in total. The molecule has 0 unspecified atom stereocenters. The number of pyridine rings is 1. The van der Waals surface area contributed by atoms with E-state index in [9.17, 15) is 4.79 Å². The first kappa shape index (κ1) is 15.5. The minimum Gasteiger partial charge on any atom is -0.347 e. The second-order valence-electron chi connectivity index (χ2n) is 4.33. The van der Waals surface area contributed by atoms with Crippen molar-refractivity contribution >= 4 is 44.8 Å². The van der Waals surface area contributed by atoms with Crippen LogP contribution in [-0.4, -0.2) is 10.9 Å². The lowest BCUT2D eigenvalue weighted by molar-refractivity contribution is 0.0951. The Bertz CT molecular complexity index is 615. The van der Waals surface area contributed by atoms with Crippen molar-refractivity contribution in [3.05, 3.63) is 49.3 Å². The van der Waals surface area contributed by atoms with Crippen molar-refractivity contribution in [3.8, 4) is 0 Å². The van der Waals surface area contributed by atoms with Crippen molar-refractivity contribution in [1.82, 2.24) is 10.3 Å². The standard InChI is InChI=1S/C14H14BrClN2OS/c1-2-3-11-4-9(5-13(16)18-11)14(19)17-7-12-6-10(15)8-20-12/h4-6,8H,2-3,7H2,1H3,(H,17,19). The molecule has 2 aromatic rings. The minimum absolute atomic E-state index is 0.129. The molecule has 20 heavy (non-hydrogen) atoms. The fourth-order valence-electron chi connectivity index (χ4n) is 1.78. The molecule has 2 heterocycles. The number of rotatable bonds is 5. The first-order chi connectivity index (χ1) is 9.58. The molecule has 0 aliphatic heterocycles. The molecule has 6 heteroatoms. The third-order valence-electron chi connectivity index (χ3n) is 2.66. The van der Waals surface area contributed by atoms with E-state index in [0.29, 0.717) is 17.3 Å². The van der Waals surface area contributed by atoms with Gasteiger partial charge in [-0.2, -0.15) is 0 Å². The van der Waals surface area contributed by atoms with Crippen LogP contribution in [0.5, 0.6) is 0 Å². The molecule has 0 aliphatic carbocycles. The van der Waals surface area contributed by atoms with Gasteiger partial charge in [-0.05, 0) is 40.5 Å². The van der Waals surface area contributed by atoms with E-state index in [2.05, 4.69) is 33.2 Å². The van der Waals surface area contributed by atoms with Crippen LogP contribution in [0.2, 0.25) is 5.15 Å². The van der Waals surface area contributed by atoms with Crippen LogP contribution in [0.25, 0.3) is 0 Å². The molecule has 0 aromatic carbocycles. The molecule has 2 aromatic heterocycles. The fourth-order valence-corrected chi connectivity index (χ4v) is 3.40. The number of aryl methyl sites for hydroxylation is 1. The summed E-state index contributed by atoms with van der Waals surface area (Å²) in [5.41, 5.74) is 1.41. The number of thiophene rings is 1. The molecular formula is C14H14BrClN2OS. The molecule has 3 nitrogen and oxygen atoms in total. The normalized spacial score (nSPS) is 10.6. The molecule has 1 amide bonds. The summed E-state index contributed by atoms with van der Waals surface area (Å²) in [5.74, 6) is -0.129. The van der Waals surface area contributed by atoms with E-state index < -0.39 is 0 Å². The maximum Gasteiger partial charge on any atom is 0.251 e. The Kier molecular flexibility index (Phi) is 5.57. The summed E-state index contributed by atoms with van der Waals surface area (Å²) < 4.78 is 1.03. The zero-order valence-corrected chi connectivity index (χ0v) is 14.1. The molecule has 0 aliphatic rings. The van der Waals surface area contributed by atoms with Gasteiger partial charge in [0.15, 0.2) is 0 Å². The van der Waals surface area contributed by atoms with E-state index in [1.54, 1.807) is 23.5 Å². The van der Waals surface area contributed by atoms with Crippen molar-refractivity contribution in [2.75, 3.05) is 0 Å². The number of hydrogen-bond acceptors (Lipinski definition) is 3. The largest absolute Gasteiger partial charge is 0.347 e. The molecule has 0 saturated carbocycles. The van der Waals surface area contributed by atoms with Crippen LogP contribution in [0.15, 0.2) is 28.1 Å². The summed E-state index contributed by atoms with van der Waals surface area (Å²) in [6, 6.07) is 5.39. The van der Waals surface area contributed by atoms with Gasteiger partial charge in [0, 0.05) is 26.0 Å². The average Bonchev–Trinajstić information content (AvgIpc) is 2.81. The van der Waals surface area contributed by atoms with Crippen molar-refractivity contribution in [2.24, 2.45) is 0 Å². The third-order valence-corrected chi connectivity index (χ3v) is 4.55. The Hall–Kier alpha value is -0.910. The van der Waals surface area contributed by atoms with Gasteiger partial charge in [-0.3, -0.25) is 4.79 Å². The van der Waals surface area contributed by atoms with E-state index in [1.807, 2.05) is 11.4 Å². The second kappa shape index (κ2) is 7.20. The molecule has 0 fully saturated rings. The van der Waals surface area contributed by atoms with Crippen LogP contribution in [0.1, 0.15) is 34.3 Å². The molecule has 0 atom stereocenters. The molecule has 0 spiro atoms. The lowest BCUT2D eigenvalue weighted by Gasteiger charge is -2.06. The zero-order chi connectivity index (χ0) is 14.5. The third kappa shape index (κ3) is 4.30. The quantitative estimate of drug-likeness (QED) is 0.787. The first-order valence-electron chi connectivity index (χ1n) is 6.26. The van der Waals surface area contributed by atoms with Gasteiger partial charge < -0.3 is 5.32 Å². The molecule has 0 bridgehead atoms. The Balaban J connectivity index is 2.04. The van der Waals surface area contributed by atoms with Crippen LogP contribution >= 0.6 is 38.9 Å². The number of halogens is 2. The first-order valence-corrected chi connectivity index (χ1v) is 8.31. The topological polar surface area (TPSA) is 42.0 Å². The van der Waals surface area contributed by atoms with Crippen LogP contribution in [0, 0.1) is 0 Å². The van der Waals surface area contributed by atoms with Gasteiger partial charge in [-0.15, -0.1) is 11.3 Å². The Labute approximate surface area is 135 Å². The van der Waals surface area contributed by atoms with Gasteiger partial charge in [0.25, 0.3) is 5.91 Å². The van der Waals surface area contributed by atoms with Gasteiger partial charge >= 0.3 is 0 Å². The van der Waals surface area contributed by atoms with Crippen LogP contribution in [-0.2, 0) is 13.0 Å². The number of nitrogens with one attached hydrogen (secondary N) is 1. The second-order valence-corrected chi connectivity index (χ2v) is 6.63. The maximum atomic E-state index is 12.1. The lowest BCUT2D eigenvalue weighted by atomic mass is 10.1. The van der Waals surface area contributed by atoms with E-state index in [-0.39, 0.29) is 5.91 Å². The van der Waals surface area contributed by atoms with Crippen molar-refractivity contribution in [3.63, 3.8) is 0 Å². The zero-order valence-electron chi connectivity index (χ0n) is 11.0. The van der Waals surface area contributed by atoms with Gasteiger partial charge in [-0.25, -0.2) is 4.98 Å². The highest BCUT2D eigenvalue weighted by Crippen LogP contribution is 2.19. The number of amides is 1. The highest BCUT2D eigenvalue weighted by atomic mass is 79.9. The van der Waals surface area contributed by atoms with Crippen molar-refractivity contribution in [2.45, 2.75) is 26.3 Å². The van der Waals surface area contributed by atoms with Crippen LogP contribution < -0.4 is 5.32 Å². The number of carbonyl (C=O) groups excluding carboxylic acids is 1. The summed E-state index contributed by atoms with van der Waals surface area (Å²) in [5, 5.41) is 5.24. The SMILES string of the molecule is CCCc1cc(C(=O)NCc2cc(Br)cs2)cc(Cl)n1. The Morgan fingerprint density at radius 3 is 2.90 bits per heavy atom. The van der Waals surface area contributed by atoms with Crippen molar-refractivity contribution < 1.29 is 4.79 Å². The van der Waals surface area contributed by atoms with Crippen molar-refractivity contribution in [1.29, 1.82) is 0 Å². The lowest BCUT2D eigenvalue weighted by Crippen LogP contribution is -2.22. The average molecular weight is 374 g/mol. The van der Waals surface area contributed by atoms with Crippen LogP contribution in [0.3, 0.4) is 0 Å². The molecule has 2 rings (SSSR count). The summed E-state index contributed by atoms with van der Waals surface area (Å²) in [6.07, 6.45) is 1.79. The molecule has 0 saturated heterocycles. The predicted octanol–water partition coefficient (Wildman–Crippen LogP) is 4.44. The summed E-state index contributed by atoms with van der Waals surface area (Å²) in [6.45, 7) is 2.58. The monoisotopic (exact) mass is 372 g/mol. The Morgan fingerprint density at radius 2 is 2.25 bits per heavy atom. The Morgan fingerprint density at radius 1 is 1.45 bits per heavy atom. The highest BCUT2D eigenvalue weighted by Gasteiger charge is 2.09. The van der Waals surface area contributed by atoms with Gasteiger partial charge in [0.1, 0.15) is 5.15 Å². The molecule has 106 valence electrons. The van der Waals surface area contributed by atoms with E-state index in [4.69, 9.17) is 11.6 Å². The van der Waals surface area contributed by atoms with Gasteiger partial charge in [-0.1, -0.05) is 24.9 Å². The van der Waals surface area contributed by atoms with Crippen LogP contribution in [0.4, 0.5) is 0 Å². The summed E-state index contributed by atoms with van der Waals surface area (Å²) in [4.78, 5) is 17.4. The molecule has 0 radical (unpaired) electrons. The van der Waals surface area contributed by atoms with E-state index >= 15 is 0 Å². The van der Waals surface area contributed by atoms with Gasteiger partial charge in [0.05, 0.1) is 6.54 Å². The number of hydrogen-bond donors (Lipinski definition) is 1. The number of nitrogens with zero attached hydrogens (tertiary/aromatic N) is 1. The van der Waals surface area contributed by atoms with Gasteiger partial charge in [0.2, 0.25) is 0 Å². The maximum absolute atomic E-state index is 12.1. The van der Waals surface area contributed by atoms with E-state index in [0.717, 1.165) is 27.9 Å². The summed E-state index contributed by atoms with van der Waals surface area (Å²) in [7, 11) is 0. The van der Waals surface area contributed by atoms with E-state index in [1.165, 1.54) is 0 Å². The predicted molar refractivity (Wildman–Crippen MR) is 86.4 cm³/mol.